The summed E-state index contributed by atoms with van der Waals surface area (Å²) < 4.78 is 7.13. The highest BCUT2D eigenvalue weighted by Gasteiger charge is 2.53. The lowest BCUT2D eigenvalue weighted by Crippen LogP contribution is -2.44. The average molecular weight is 309 g/mol. The highest BCUT2D eigenvalue weighted by molar-refractivity contribution is 5.83. The van der Waals surface area contributed by atoms with E-state index in [0.29, 0.717) is 17.0 Å². The number of fused-ring (bicyclic) bond motifs is 1. The molecule has 3 rings (SSSR count). The Morgan fingerprint density at radius 3 is 2.68 bits per heavy atom. The second-order valence-electron chi connectivity index (χ2n) is 5.80. The molecule has 9 nitrogen and oxygen atoms in total. The largest absolute Gasteiger partial charge is 0.394 e. The number of anilines is 1. The van der Waals surface area contributed by atoms with Gasteiger partial charge in [0.15, 0.2) is 23.2 Å². The Balaban J connectivity index is 2.10. The van der Waals surface area contributed by atoms with Crippen LogP contribution >= 0.6 is 0 Å². The summed E-state index contributed by atoms with van der Waals surface area (Å²) in [6.07, 6.45) is -0.102. The maximum Gasteiger partial charge on any atom is 0.168 e. The predicted molar refractivity (Wildman–Crippen MR) is 77.3 cm³/mol. The van der Waals surface area contributed by atoms with E-state index in [1.807, 2.05) is 14.1 Å². The van der Waals surface area contributed by atoms with E-state index in [1.165, 1.54) is 19.6 Å². The van der Waals surface area contributed by atoms with Crippen LogP contribution in [0, 0.1) is 0 Å². The third-order valence-corrected chi connectivity index (χ3v) is 3.95. The van der Waals surface area contributed by atoms with Crippen molar-refractivity contribution in [2.45, 2.75) is 31.0 Å². The molecule has 22 heavy (non-hydrogen) atoms. The molecule has 0 radical (unpaired) electrons. The summed E-state index contributed by atoms with van der Waals surface area (Å²) in [4.78, 5) is 14.5. The fourth-order valence-electron chi connectivity index (χ4n) is 2.73. The average Bonchev–Trinajstić information content (AvgIpc) is 2.99. The molecule has 0 spiro atoms. The minimum atomic E-state index is -1.58. The van der Waals surface area contributed by atoms with Crippen molar-refractivity contribution >= 4 is 17.0 Å². The molecule has 1 aliphatic rings. The summed E-state index contributed by atoms with van der Waals surface area (Å²) in [5.74, 6) is 0.639. The molecule has 3 heterocycles. The molecular formula is C13H19N5O4. The zero-order valence-corrected chi connectivity index (χ0v) is 12.6. The fraction of sp³-hybridized carbons (Fsp3) is 0.615. The van der Waals surface area contributed by atoms with Crippen molar-refractivity contribution in [3.63, 3.8) is 0 Å². The first kappa shape index (κ1) is 15.1. The zero-order valence-electron chi connectivity index (χ0n) is 12.6. The molecule has 120 valence electrons. The van der Waals surface area contributed by atoms with Crippen LogP contribution in [-0.2, 0) is 4.74 Å². The van der Waals surface area contributed by atoms with Gasteiger partial charge in [-0.1, -0.05) is 0 Å². The summed E-state index contributed by atoms with van der Waals surface area (Å²) >= 11 is 0. The van der Waals surface area contributed by atoms with Crippen molar-refractivity contribution in [2.24, 2.45) is 0 Å². The molecule has 9 heteroatoms. The van der Waals surface area contributed by atoms with E-state index in [4.69, 9.17) is 4.74 Å². The molecule has 1 saturated heterocycles. The van der Waals surface area contributed by atoms with Crippen molar-refractivity contribution in [1.29, 1.82) is 0 Å². The van der Waals surface area contributed by atoms with E-state index < -0.39 is 30.6 Å². The number of aromatic nitrogens is 4. The molecule has 3 N–H and O–H groups in total. The van der Waals surface area contributed by atoms with Crippen LogP contribution in [0.1, 0.15) is 13.2 Å². The van der Waals surface area contributed by atoms with Crippen LogP contribution in [0.2, 0.25) is 0 Å². The number of imidazole rings is 1. The number of hydrogen-bond donors (Lipinski definition) is 3. The van der Waals surface area contributed by atoms with Gasteiger partial charge in [0.2, 0.25) is 0 Å². The van der Waals surface area contributed by atoms with Crippen LogP contribution in [0.3, 0.4) is 0 Å². The van der Waals surface area contributed by atoms with E-state index in [2.05, 4.69) is 15.0 Å². The first-order valence-corrected chi connectivity index (χ1v) is 6.89. The molecule has 1 aliphatic heterocycles. The van der Waals surface area contributed by atoms with Crippen molar-refractivity contribution in [2.75, 3.05) is 25.6 Å². The number of nitrogens with zero attached hydrogens (tertiary/aromatic N) is 5. The Hall–Kier alpha value is -1.81. The summed E-state index contributed by atoms with van der Waals surface area (Å²) in [5.41, 5.74) is -0.534. The lowest BCUT2D eigenvalue weighted by Gasteiger charge is -2.27. The van der Waals surface area contributed by atoms with Crippen LogP contribution in [0.15, 0.2) is 12.7 Å². The summed E-state index contributed by atoms with van der Waals surface area (Å²) in [6, 6.07) is 0. The van der Waals surface area contributed by atoms with Gasteiger partial charge in [-0.3, -0.25) is 4.57 Å². The van der Waals surface area contributed by atoms with E-state index in [0.717, 1.165) is 0 Å². The second kappa shape index (κ2) is 5.13. The van der Waals surface area contributed by atoms with Gasteiger partial charge in [-0.05, 0) is 6.92 Å². The van der Waals surface area contributed by atoms with Gasteiger partial charge in [0, 0.05) is 14.1 Å². The molecule has 0 bridgehead atoms. The Morgan fingerprint density at radius 2 is 2.09 bits per heavy atom. The third-order valence-electron chi connectivity index (χ3n) is 3.95. The molecule has 0 amide bonds. The van der Waals surface area contributed by atoms with Gasteiger partial charge in [-0.2, -0.15) is 0 Å². The molecule has 2 aromatic heterocycles. The van der Waals surface area contributed by atoms with E-state index in [-0.39, 0.29) is 0 Å². The fourth-order valence-corrected chi connectivity index (χ4v) is 2.73. The smallest absolute Gasteiger partial charge is 0.168 e. The first-order valence-electron chi connectivity index (χ1n) is 6.89. The quantitative estimate of drug-likeness (QED) is 0.654. The number of ether oxygens (including phenoxy) is 1. The minimum Gasteiger partial charge on any atom is -0.394 e. The lowest BCUT2D eigenvalue weighted by molar-refractivity contribution is -0.0950. The summed E-state index contributed by atoms with van der Waals surface area (Å²) in [6.45, 7) is 1.07. The van der Waals surface area contributed by atoms with Crippen LogP contribution in [0.4, 0.5) is 5.82 Å². The summed E-state index contributed by atoms with van der Waals surface area (Å²) in [5, 5.41) is 29.9. The summed E-state index contributed by atoms with van der Waals surface area (Å²) in [7, 11) is 3.68. The molecule has 1 fully saturated rings. The Bertz CT molecular complexity index is 686. The van der Waals surface area contributed by atoms with E-state index >= 15 is 0 Å². The van der Waals surface area contributed by atoms with Crippen LogP contribution in [0.25, 0.3) is 11.2 Å². The van der Waals surface area contributed by atoms with Crippen molar-refractivity contribution in [3.8, 4) is 0 Å². The van der Waals surface area contributed by atoms with Gasteiger partial charge in [-0.15, -0.1) is 0 Å². The number of aliphatic hydroxyl groups excluding tert-OH is 2. The van der Waals surface area contributed by atoms with Crippen LogP contribution in [0.5, 0.6) is 0 Å². The maximum atomic E-state index is 10.5. The van der Waals surface area contributed by atoms with Gasteiger partial charge in [-0.25, -0.2) is 15.0 Å². The molecular weight excluding hydrogens is 290 g/mol. The molecule has 4 atom stereocenters. The SMILES string of the molecule is CN(C)c1ncnc2c1ncn2C1O[C@H](CO)[C@@H](O)[C@@]1(C)O. The van der Waals surface area contributed by atoms with Crippen LogP contribution in [-0.4, -0.2) is 73.3 Å². The monoisotopic (exact) mass is 309 g/mol. The number of aliphatic hydroxyl groups is 3. The molecule has 1 unspecified atom stereocenters. The topological polar surface area (TPSA) is 117 Å². The van der Waals surface area contributed by atoms with Gasteiger partial charge in [0.25, 0.3) is 0 Å². The Labute approximate surface area is 126 Å². The molecule has 0 aromatic carbocycles. The van der Waals surface area contributed by atoms with E-state index in [9.17, 15) is 15.3 Å². The zero-order chi connectivity index (χ0) is 16.1. The molecule has 2 aromatic rings. The standard InChI is InChI=1S/C13H19N5O4/c1-13(21)9(20)7(4-19)22-12(13)18-6-16-8-10(17(2)3)14-5-15-11(8)18/h5-7,9,12,19-21H,4H2,1-3H3/t7-,9-,12?,13-/m1/s1. The maximum absolute atomic E-state index is 10.5. The normalized spacial score (nSPS) is 31.8. The number of hydrogen-bond acceptors (Lipinski definition) is 8. The highest BCUT2D eigenvalue weighted by Crippen LogP contribution is 2.39. The van der Waals surface area contributed by atoms with E-state index in [1.54, 1.807) is 9.47 Å². The van der Waals surface area contributed by atoms with Gasteiger partial charge in [0.1, 0.15) is 24.1 Å². The minimum absolute atomic E-state index is 0.390. The second-order valence-corrected chi connectivity index (χ2v) is 5.80. The molecule has 0 aliphatic carbocycles. The predicted octanol–water partition coefficient (Wildman–Crippen LogP) is -1.11. The third kappa shape index (κ3) is 2.05. The number of rotatable bonds is 3. The van der Waals surface area contributed by atoms with Gasteiger partial charge < -0.3 is 25.0 Å². The highest BCUT2D eigenvalue weighted by atomic mass is 16.6. The first-order chi connectivity index (χ1) is 10.4. The van der Waals surface area contributed by atoms with Gasteiger partial charge in [0.05, 0.1) is 12.9 Å². The Morgan fingerprint density at radius 1 is 1.36 bits per heavy atom. The van der Waals surface area contributed by atoms with Crippen molar-refractivity contribution in [3.05, 3.63) is 12.7 Å². The van der Waals surface area contributed by atoms with Crippen molar-refractivity contribution in [1.82, 2.24) is 19.5 Å². The van der Waals surface area contributed by atoms with Gasteiger partial charge >= 0.3 is 0 Å². The van der Waals surface area contributed by atoms with Crippen LogP contribution < -0.4 is 4.90 Å². The van der Waals surface area contributed by atoms with Crippen molar-refractivity contribution < 1.29 is 20.1 Å². The lowest BCUT2D eigenvalue weighted by atomic mass is 9.96. The Kier molecular flexibility index (Phi) is 3.52. The molecule has 0 saturated carbocycles.